The number of aryl methyl sites for hydroxylation is 2. The van der Waals surface area contributed by atoms with E-state index in [9.17, 15) is 13.2 Å². The molecule has 1 heterocycles. The van der Waals surface area contributed by atoms with Crippen LogP contribution in [0.1, 0.15) is 17.8 Å². The van der Waals surface area contributed by atoms with Crippen LogP contribution in [0.2, 0.25) is 0 Å². The highest BCUT2D eigenvalue weighted by atomic mass is 19.4. The predicted molar refractivity (Wildman–Crippen MR) is 50.7 cm³/mol. The Labute approximate surface area is 85.7 Å². The van der Waals surface area contributed by atoms with E-state index < -0.39 is 12.6 Å². The van der Waals surface area contributed by atoms with Gasteiger partial charge in [-0.1, -0.05) is 0 Å². The summed E-state index contributed by atoms with van der Waals surface area (Å²) in [5, 5.41) is 2.62. The topological polar surface area (TPSA) is 37.8 Å². The maximum absolute atomic E-state index is 11.9. The maximum atomic E-state index is 11.9. The first-order chi connectivity index (χ1) is 6.88. The monoisotopic (exact) mass is 219 g/mol. The molecule has 0 aliphatic carbocycles. The van der Waals surface area contributed by atoms with Crippen LogP contribution >= 0.6 is 0 Å². The number of nitrogens with one attached hydrogen (secondary N) is 1. The van der Waals surface area contributed by atoms with Crippen molar-refractivity contribution < 1.29 is 13.2 Å². The van der Waals surface area contributed by atoms with Crippen molar-refractivity contribution in [2.24, 2.45) is 0 Å². The average Bonchev–Trinajstić information content (AvgIpc) is 2.09. The van der Waals surface area contributed by atoms with Crippen LogP contribution in [-0.2, 0) is 0 Å². The fourth-order valence-electron chi connectivity index (χ4n) is 1.03. The largest absolute Gasteiger partial charge is 0.390 e. The Morgan fingerprint density at radius 1 is 1.33 bits per heavy atom. The summed E-state index contributed by atoms with van der Waals surface area (Å²) in [6.45, 7) is 3.26. The second-order valence-corrected chi connectivity index (χ2v) is 3.24. The van der Waals surface area contributed by atoms with Crippen LogP contribution in [0.3, 0.4) is 0 Å². The molecule has 1 aromatic heterocycles. The molecular weight excluding hydrogens is 207 g/mol. The van der Waals surface area contributed by atoms with E-state index in [-0.39, 0.29) is 6.54 Å². The van der Waals surface area contributed by atoms with E-state index in [0.29, 0.717) is 17.2 Å². The van der Waals surface area contributed by atoms with E-state index in [4.69, 9.17) is 0 Å². The Kier molecular flexibility index (Phi) is 3.49. The molecule has 0 saturated carbocycles. The lowest BCUT2D eigenvalue weighted by Crippen LogP contribution is -2.16. The summed E-state index contributed by atoms with van der Waals surface area (Å²) in [6.07, 6.45) is -3.44. The minimum Gasteiger partial charge on any atom is -0.368 e. The lowest BCUT2D eigenvalue weighted by Gasteiger charge is -2.10. The number of nitrogens with zero attached hydrogens (tertiary/aromatic N) is 2. The molecule has 0 aromatic carbocycles. The first-order valence-electron chi connectivity index (χ1n) is 4.49. The maximum Gasteiger partial charge on any atom is 0.390 e. The van der Waals surface area contributed by atoms with Crippen molar-refractivity contribution in [2.45, 2.75) is 26.4 Å². The molecule has 0 aliphatic heterocycles. The fourth-order valence-corrected chi connectivity index (χ4v) is 1.03. The third-order valence-corrected chi connectivity index (χ3v) is 1.78. The van der Waals surface area contributed by atoms with Gasteiger partial charge in [0.1, 0.15) is 5.82 Å². The molecule has 0 radical (unpaired) electrons. The van der Waals surface area contributed by atoms with Gasteiger partial charge in [-0.15, -0.1) is 0 Å². The number of halogens is 3. The van der Waals surface area contributed by atoms with Crippen LogP contribution in [0.5, 0.6) is 0 Å². The molecule has 0 saturated heterocycles. The van der Waals surface area contributed by atoms with Gasteiger partial charge in [0.05, 0.1) is 17.8 Å². The van der Waals surface area contributed by atoms with E-state index in [1.807, 2.05) is 0 Å². The summed E-state index contributed by atoms with van der Waals surface area (Å²) in [5.41, 5.74) is 1.28. The van der Waals surface area contributed by atoms with Gasteiger partial charge < -0.3 is 5.32 Å². The first kappa shape index (κ1) is 11.7. The predicted octanol–water partition coefficient (Wildman–Crippen LogP) is 2.46. The summed E-state index contributed by atoms with van der Waals surface area (Å²) in [5.74, 6) is 0.416. The van der Waals surface area contributed by atoms with E-state index in [1.165, 1.54) is 0 Å². The zero-order valence-electron chi connectivity index (χ0n) is 8.52. The Balaban J connectivity index is 2.54. The van der Waals surface area contributed by atoms with Crippen molar-refractivity contribution in [3.8, 4) is 0 Å². The lowest BCUT2D eigenvalue weighted by molar-refractivity contribution is -0.131. The van der Waals surface area contributed by atoms with E-state index in [2.05, 4.69) is 15.3 Å². The van der Waals surface area contributed by atoms with Crippen LogP contribution in [0, 0.1) is 13.8 Å². The van der Waals surface area contributed by atoms with Gasteiger partial charge in [0.25, 0.3) is 0 Å². The third-order valence-electron chi connectivity index (χ3n) is 1.78. The molecule has 1 aromatic rings. The molecule has 0 amide bonds. The molecular formula is C9H12F3N3. The Bertz CT molecular complexity index is 336. The van der Waals surface area contributed by atoms with Gasteiger partial charge in [-0.2, -0.15) is 13.2 Å². The van der Waals surface area contributed by atoms with Crippen molar-refractivity contribution in [1.82, 2.24) is 9.97 Å². The highest BCUT2D eigenvalue weighted by molar-refractivity contribution is 5.39. The Morgan fingerprint density at radius 3 is 2.60 bits per heavy atom. The number of anilines is 1. The van der Waals surface area contributed by atoms with Gasteiger partial charge in [0, 0.05) is 12.7 Å². The quantitative estimate of drug-likeness (QED) is 0.848. The summed E-state index contributed by atoms with van der Waals surface area (Å²) in [4.78, 5) is 8.04. The molecule has 0 aliphatic rings. The van der Waals surface area contributed by atoms with Crippen LogP contribution in [-0.4, -0.2) is 22.7 Å². The molecule has 1 N–H and O–H groups in total. The van der Waals surface area contributed by atoms with Gasteiger partial charge in [0.2, 0.25) is 0 Å². The second kappa shape index (κ2) is 4.46. The fraction of sp³-hybridized carbons (Fsp3) is 0.556. The van der Waals surface area contributed by atoms with Gasteiger partial charge in [-0.25, -0.2) is 4.98 Å². The molecule has 6 heteroatoms. The SMILES string of the molecule is Cc1cnc(C)c(NCCC(F)(F)F)n1. The van der Waals surface area contributed by atoms with Crippen molar-refractivity contribution in [2.75, 3.05) is 11.9 Å². The minimum atomic E-state index is -4.14. The van der Waals surface area contributed by atoms with Crippen LogP contribution < -0.4 is 5.32 Å². The van der Waals surface area contributed by atoms with Crippen molar-refractivity contribution in [1.29, 1.82) is 0 Å². The van der Waals surface area contributed by atoms with Crippen molar-refractivity contribution in [3.63, 3.8) is 0 Å². The van der Waals surface area contributed by atoms with Crippen molar-refractivity contribution >= 4 is 5.82 Å². The number of alkyl halides is 3. The van der Waals surface area contributed by atoms with Crippen LogP contribution in [0.15, 0.2) is 6.20 Å². The molecule has 15 heavy (non-hydrogen) atoms. The van der Waals surface area contributed by atoms with Crippen LogP contribution in [0.4, 0.5) is 19.0 Å². The molecule has 0 atom stereocenters. The molecule has 1 rings (SSSR count). The lowest BCUT2D eigenvalue weighted by atomic mass is 10.3. The van der Waals surface area contributed by atoms with Gasteiger partial charge in [0.15, 0.2) is 0 Å². The standard InChI is InChI=1S/C9H12F3N3/c1-6-5-14-7(2)8(15-6)13-4-3-9(10,11)12/h5H,3-4H2,1-2H3,(H,13,15). The van der Waals surface area contributed by atoms with Gasteiger partial charge in [-0.05, 0) is 13.8 Å². The Hall–Kier alpha value is -1.33. The van der Waals surface area contributed by atoms with Gasteiger partial charge >= 0.3 is 6.18 Å². The summed E-state index contributed by atoms with van der Waals surface area (Å²) >= 11 is 0. The number of hydrogen-bond acceptors (Lipinski definition) is 3. The summed E-state index contributed by atoms with van der Waals surface area (Å²) < 4.78 is 35.6. The summed E-state index contributed by atoms with van der Waals surface area (Å²) in [7, 11) is 0. The Morgan fingerprint density at radius 2 is 2.00 bits per heavy atom. The molecule has 0 bridgehead atoms. The van der Waals surface area contributed by atoms with Crippen LogP contribution in [0.25, 0.3) is 0 Å². The average molecular weight is 219 g/mol. The minimum absolute atomic E-state index is 0.178. The zero-order valence-corrected chi connectivity index (χ0v) is 8.52. The van der Waals surface area contributed by atoms with Gasteiger partial charge in [-0.3, -0.25) is 4.98 Å². The number of hydrogen-bond donors (Lipinski definition) is 1. The number of rotatable bonds is 3. The van der Waals surface area contributed by atoms with E-state index in [0.717, 1.165) is 0 Å². The molecule has 3 nitrogen and oxygen atoms in total. The zero-order chi connectivity index (χ0) is 11.5. The molecule has 84 valence electrons. The molecule has 0 unspecified atom stereocenters. The number of aromatic nitrogens is 2. The normalized spacial score (nSPS) is 11.5. The molecule has 0 fully saturated rings. The summed E-state index contributed by atoms with van der Waals surface area (Å²) in [6, 6.07) is 0. The van der Waals surface area contributed by atoms with E-state index >= 15 is 0 Å². The molecule has 0 spiro atoms. The smallest absolute Gasteiger partial charge is 0.368 e. The highest BCUT2D eigenvalue weighted by Crippen LogP contribution is 2.19. The first-order valence-corrected chi connectivity index (χ1v) is 4.49. The second-order valence-electron chi connectivity index (χ2n) is 3.24. The van der Waals surface area contributed by atoms with E-state index in [1.54, 1.807) is 20.0 Å². The highest BCUT2D eigenvalue weighted by Gasteiger charge is 2.26. The van der Waals surface area contributed by atoms with Crippen molar-refractivity contribution in [3.05, 3.63) is 17.6 Å². The third kappa shape index (κ3) is 4.14.